The highest BCUT2D eigenvalue weighted by molar-refractivity contribution is 6.31. The quantitative estimate of drug-likeness (QED) is 0.755. The molecule has 0 radical (unpaired) electrons. The van der Waals surface area contributed by atoms with Gasteiger partial charge in [0.15, 0.2) is 0 Å². The Balaban J connectivity index is 0.00000100. The SMILES string of the molecule is CC.O=C(O)c1cn(Cc2ccc3ncc(Cl)cc3c2)nc1CO. The highest BCUT2D eigenvalue weighted by atomic mass is 35.5. The third kappa shape index (κ3) is 3.90. The van der Waals surface area contributed by atoms with E-state index in [0.717, 1.165) is 16.5 Å². The molecule has 0 spiro atoms. The van der Waals surface area contributed by atoms with Gasteiger partial charge in [-0.15, -0.1) is 0 Å². The molecule has 0 aliphatic carbocycles. The number of aromatic carboxylic acids is 1. The van der Waals surface area contributed by atoms with Crippen LogP contribution in [-0.2, 0) is 13.2 Å². The summed E-state index contributed by atoms with van der Waals surface area (Å²) >= 11 is 5.94. The molecular weight excluding hydrogens is 330 g/mol. The van der Waals surface area contributed by atoms with E-state index in [1.807, 2.05) is 38.1 Å². The van der Waals surface area contributed by atoms with Crippen LogP contribution < -0.4 is 0 Å². The number of aliphatic hydroxyl groups is 1. The predicted molar refractivity (Wildman–Crippen MR) is 92.3 cm³/mol. The van der Waals surface area contributed by atoms with E-state index >= 15 is 0 Å². The summed E-state index contributed by atoms with van der Waals surface area (Å²) in [6.45, 7) is 3.98. The molecular formula is C17H18ClN3O3. The topological polar surface area (TPSA) is 88.2 Å². The Hall–Kier alpha value is -2.44. The summed E-state index contributed by atoms with van der Waals surface area (Å²) in [6.07, 6.45) is 3.00. The van der Waals surface area contributed by atoms with Gasteiger partial charge < -0.3 is 10.2 Å². The minimum Gasteiger partial charge on any atom is -0.478 e. The fourth-order valence-electron chi connectivity index (χ4n) is 2.28. The lowest BCUT2D eigenvalue weighted by molar-refractivity contribution is 0.0693. The molecule has 0 fully saturated rings. The van der Waals surface area contributed by atoms with Crippen LogP contribution in [0.15, 0.2) is 36.7 Å². The van der Waals surface area contributed by atoms with Gasteiger partial charge in [0.2, 0.25) is 0 Å². The number of halogens is 1. The van der Waals surface area contributed by atoms with Gasteiger partial charge in [-0.3, -0.25) is 9.67 Å². The Kier molecular flexibility index (Phi) is 5.89. The zero-order valence-electron chi connectivity index (χ0n) is 13.4. The van der Waals surface area contributed by atoms with Crippen molar-refractivity contribution in [3.05, 3.63) is 58.5 Å². The van der Waals surface area contributed by atoms with Crippen molar-refractivity contribution in [1.82, 2.24) is 14.8 Å². The highest BCUT2D eigenvalue weighted by Gasteiger charge is 2.14. The molecule has 1 aromatic carbocycles. The second-order valence-electron chi connectivity index (χ2n) is 4.83. The molecule has 0 saturated carbocycles. The number of carbonyl (C=O) groups is 1. The molecule has 6 nitrogen and oxygen atoms in total. The van der Waals surface area contributed by atoms with Gasteiger partial charge in [0.05, 0.1) is 23.7 Å². The monoisotopic (exact) mass is 347 g/mol. The molecule has 0 atom stereocenters. The Morgan fingerprint density at radius 1 is 1.29 bits per heavy atom. The number of carboxylic acid groups (broad SMARTS) is 1. The van der Waals surface area contributed by atoms with E-state index < -0.39 is 12.6 Å². The van der Waals surface area contributed by atoms with Gasteiger partial charge in [0.1, 0.15) is 11.3 Å². The van der Waals surface area contributed by atoms with Crippen LogP contribution in [0.4, 0.5) is 0 Å². The molecule has 2 heterocycles. The van der Waals surface area contributed by atoms with Crippen molar-refractivity contribution >= 4 is 28.5 Å². The number of carboxylic acids is 1. The molecule has 0 saturated heterocycles. The maximum Gasteiger partial charge on any atom is 0.339 e. The fraction of sp³-hybridized carbons (Fsp3) is 0.235. The van der Waals surface area contributed by atoms with Crippen molar-refractivity contribution in [2.24, 2.45) is 0 Å². The zero-order valence-corrected chi connectivity index (χ0v) is 14.2. The lowest BCUT2D eigenvalue weighted by atomic mass is 10.1. The molecule has 2 aromatic heterocycles. The summed E-state index contributed by atoms with van der Waals surface area (Å²) in [5, 5.41) is 23.8. The average Bonchev–Trinajstić information content (AvgIpc) is 2.99. The van der Waals surface area contributed by atoms with Gasteiger partial charge >= 0.3 is 5.97 Å². The lowest BCUT2D eigenvalue weighted by Crippen LogP contribution is -2.01. The highest BCUT2D eigenvalue weighted by Crippen LogP contribution is 2.19. The van der Waals surface area contributed by atoms with Crippen LogP contribution in [0, 0.1) is 0 Å². The second kappa shape index (κ2) is 7.90. The molecule has 24 heavy (non-hydrogen) atoms. The van der Waals surface area contributed by atoms with E-state index in [1.165, 1.54) is 10.9 Å². The number of hydrogen-bond donors (Lipinski definition) is 2. The Morgan fingerprint density at radius 2 is 2.04 bits per heavy atom. The van der Waals surface area contributed by atoms with E-state index in [9.17, 15) is 4.79 Å². The first-order chi connectivity index (χ1) is 11.6. The van der Waals surface area contributed by atoms with Crippen molar-refractivity contribution in [3.63, 3.8) is 0 Å². The fourth-order valence-corrected chi connectivity index (χ4v) is 2.44. The second-order valence-corrected chi connectivity index (χ2v) is 5.27. The van der Waals surface area contributed by atoms with Crippen LogP contribution in [0.1, 0.15) is 35.5 Å². The largest absolute Gasteiger partial charge is 0.478 e. The van der Waals surface area contributed by atoms with E-state index in [0.29, 0.717) is 11.6 Å². The summed E-state index contributed by atoms with van der Waals surface area (Å²) in [5.74, 6) is -1.11. The van der Waals surface area contributed by atoms with Gasteiger partial charge in [-0.2, -0.15) is 5.10 Å². The summed E-state index contributed by atoms with van der Waals surface area (Å²) in [7, 11) is 0. The molecule has 0 bridgehead atoms. The van der Waals surface area contributed by atoms with Gasteiger partial charge in [0.25, 0.3) is 0 Å². The Bertz CT molecular complexity index is 861. The normalized spacial score (nSPS) is 10.3. The van der Waals surface area contributed by atoms with E-state index in [2.05, 4.69) is 10.1 Å². The molecule has 3 aromatic rings. The molecule has 0 amide bonds. The van der Waals surface area contributed by atoms with Crippen molar-refractivity contribution in [2.75, 3.05) is 0 Å². The summed E-state index contributed by atoms with van der Waals surface area (Å²) in [4.78, 5) is 15.3. The smallest absolute Gasteiger partial charge is 0.339 e. The van der Waals surface area contributed by atoms with Crippen molar-refractivity contribution < 1.29 is 15.0 Å². The number of hydrogen-bond acceptors (Lipinski definition) is 4. The average molecular weight is 348 g/mol. The number of aromatic nitrogens is 3. The number of fused-ring (bicyclic) bond motifs is 1. The van der Waals surface area contributed by atoms with Gasteiger partial charge in [-0.05, 0) is 23.8 Å². The van der Waals surface area contributed by atoms with Crippen LogP contribution in [-0.4, -0.2) is 30.9 Å². The Morgan fingerprint density at radius 3 is 2.67 bits per heavy atom. The predicted octanol–water partition coefficient (Wildman–Crippen LogP) is 3.35. The molecule has 2 N–H and O–H groups in total. The first-order valence-electron chi connectivity index (χ1n) is 7.51. The van der Waals surface area contributed by atoms with Crippen LogP contribution in [0.2, 0.25) is 5.02 Å². The standard InChI is InChI=1S/C15H12ClN3O3.C2H6/c16-11-4-10-3-9(1-2-13(10)17-5-11)6-19-7-12(15(21)22)14(8-20)18-19;1-2/h1-5,7,20H,6,8H2,(H,21,22);1-2H3. The van der Waals surface area contributed by atoms with Crippen LogP contribution in [0.5, 0.6) is 0 Å². The molecule has 7 heteroatoms. The summed E-state index contributed by atoms with van der Waals surface area (Å²) in [5.41, 5.74) is 1.92. The van der Waals surface area contributed by atoms with Crippen molar-refractivity contribution in [3.8, 4) is 0 Å². The lowest BCUT2D eigenvalue weighted by Gasteiger charge is -2.04. The Labute approximate surface area is 144 Å². The summed E-state index contributed by atoms with van der Waals surface area (Å²) < 4.78 is 1.49. The molecule has 126 valence electrons. The van der Waals surface area contributed by atoms with Crippen LogP contribution >= 0.6 is 11.6 Å². The minimum atomic E-state index is -1.11. The first-order valence-corrected chi connectivity index (χ1v) is 7.89. The number of aliphatic hydroxyl groups excluding tert-OH is 1. The maximum absolute atomic E-state index is 11.1. The number of pyridine rings is 1. The van der Waals surface area contributed by atoms with Crippen molar-refractivity contribution in [2.45, 2.75) is 27.0 Å². The molecule has 3 rings (SSSR count). The molecule has 0 aliphatic heterocycles. The summed E-state index contributed by atoms with van der Waals surface area (Å²) in [6, 6.07) is 7.51. The van der Waals surface area contributed by atoms with Gasteiger partial charge in [-0.25, -0.2) is 4.79 Å². The van der Waals surface area contributed by atoms with Crippen LogP contribution in [0.25, 0.3) is 10.9 Å². The van der Waals surface area contributed by atoms with E-state index in [-0.39, 0.29) is 11.3 Å². The zero-order chi connectivity index (χ0) is 17.7. The van der Waals surface area contributed by atoms with E-state index in [4.69, 9.17) is 21.8 Å². The third-order valence-electron chi connectivity index (χ3n) is 3.28. The van der Waals surface area contributed by atoms with Crippen LogP contribution in [0.3, 0.4) is 0 Å². The number of benzene rings is 1. The van der Waals surface area contributed by atoms with E-state index in [1.54, 1.807) is 6.20 Å². The minimum absolute atomic E-state index is 0.00741. The maximum atomic E-state index is 11.1. The molecule has 0 aliphatic rings. The number of rotatable bonds is 4. The molecule has 0 unspecified atom stereocenters. The van der Waals surface area contributed by atoms with Crippen molar-refractivity contribution in [1.29, 1.82) is 0 Å². The first kappa shape index (κ1) is 17.9. The van der Waals surface area contributed by atoms with Gasteiger partial charge in [0, 0.05) is 17.8 Å². The third-order valence-corrected chi connectivity index (χ3v) is 3.48. The number of nitrogens with zero attached hydrogens (tertiary/aromatic N) is 3. The van der Waals surface area contributed by atoms with Gasteiger partial charge in [-0.1, -0.05) is 31.5 Å².